The van der Waals surface area contributed by atoms with Crippen molar-refractivity contribution in [1.82, 2.24) is 24.6 Å². The number of hydrogen-bond donors (Lipinski definition) is 0. The van der Waals surface area contributed by atoms with Crippen LogP contribution in [0.1, 0.15) is 62.4 Å². The number of carbonyl (C=O) groups excluding carboxylic acids is 1. The van der Waals surface area contributed by atoms with E-state index in [0.29, 0.717) is 12.6 Å². The molecule has 6 nitrogen and oxygen atoms in total. The Morgan fingerprint density at radius 1 is 1.14 bits per heavy atom. The highest BCUT2D eigenvalue weighted by Gasteiger charge is 2.31. The van der Waals surface area contributed by atoms with Crippen molar-refractivity contribution in [2.45, 2.75) is 64.0 Å². The van der Waals surface area contributed by atoms with Crippen LogP contribution in [0.4, 0.5) is 0 Å². The number of likely N-dealkylation sites (tertiary alicyclic amines) is 1. The normalized spacial score (nSPS) is 20.9. The number of aryl methyl sites for hydroxylation is 2. The Morgan fingerprint density at radius 3 is 2.66 bits per heavy atom. The maximum absolute atomic E-state index is 13.0. The third-order valence-corrected chi connectivity index (χ3v) is 6.57. The SMILES string of the molecule is Cc1cc(-c2cnn(C)c2)cc([C@@H]2CCCN2CC(=O)N(C)C2CCCCC2)n1. The maximum atomic E-state index is 13.0. The number of pyridine rings is 1. The van der Waals surface area contributed by atoms with Gasteiger partial charge in [0.05, 0.1) is 24.5 Å². The van der Waals surface area contributed by atoms with Crippen molar-refractivity contribution in [1.29, 1.82) is 0 Å². The summed E-state index contributed by atoms with van der Waals surface area (Å²) in [6.07, 6.45) is 12.2. The molecule has 1 saturated heterocycles. The number of rotatable bonds is 5. The summed E-state index contributed by atoms with van der Waals surface area (Å²) in [4.78, 5) is 22.2. The summed E-state index contributed by atoms with van der Waals surface area (Å²) in [6.45, 7) is 3.51. The molecule has 2 aromatic heterocycles. The summed E-state index contributed by atoms with van der Waals surface area (Å²) >= 11 is 0. The smallest absolute Gasteiger partial charge is 0.236 e. The zero-order valence-corrected chi connectivity index (χ0v) is 18.0. The summed E-state index contributed by atoms with van der Waals surface area (Å²) in [7, 11) is 3.93. The molecule has 1 saturated carbocycles. The van der Waals surface area contributed by atoms with Crippen molar-refractivity contribution in [3.63, 3.8) is 0 Å². The van der Waals surface area contributed by atoms with Crippen LogP contribution in [0.3, 0.4) is 0 Å². The predicted molar refractivity (Wildman–Crippen MR) is 114 cm³/mol. The lowest BCUT2D eigenvalue weighted by molar-refractivity contribution is -0.134. The Hall–Kier alpha value is -2.21. The van der Waals surface area contributed by atoms with E-state index in [1.54, 1.807) is 0 Å². The van der Waals surface area contributed by atoms with Gasteiger partial charge in [0.2, 0.25) is 5.91 Å². The topological polar surface area (TPSA) is 54.3 Å². The van der Waals surface area contributed by atoms with Crippen molar-refractivity contribution in [2.75, 3.05) is 20.1 Å². The molecule has 0 N–H and O–H groups in total. The van der Waals surface area contributed by atoms with Crippen molar-refractivity contribution in [2.24, 2.45) is 7.05 Å². The van der Waals surface area contributed by atoms with E-state index < -0.39 is 0 Å². The standard InChI is InChI=1S/C23H33N5O/c1-17-12-18(19-14-24-26(2)15-19)13-21(25-17)22-10-7-11-28(22)16-23(29)27(3)20-8-5-4-6-9-20/h12-15,20,22H,4-11,16H2,1-3H3/t22-/m0/s1. The van der Waals surface area contributed by atoms with Crippen LogP contribution in [0, 0.1) is 6.92 Å². The first-order valence-electron chi connectivity index (χ1n) is 11.0. The average molecular weight is 396 g/mol. The predicted octanol–water partition coefficient (Wildman–Crippen LogP) is 3.72. The van der Waals surface area contributed by atoms with Gasteiger partial charge in [0, 0.05) is 37.6 Å². The summed E-state index contributed by atoms with van der Waals surface area (Å²) in [6, 6.07) is 4.94. The largest absolute Gasteiger partial charge is 0.342 e. The molecule has 4 rings (SSSR count). The molecular weight excluding hydrogens is 362 g/mol. The highest BCUT2D eigenvalue weighted by atomic mass is 16.2. The number of carbonyl (C=O) groups is 1. The molecule has 1 aliphatic carbocycles. The first kappa shape index (κ1) is 20.1. The molecule has 2 aromatic rings. The third-order valence-electron chi connectivity index (χ3n) is 6.57. The lowest BCUT2D eigenvalue weighted by Gasteiger charge is -2.33. The molecule has 6 heteroatoms. The monoisotopic (exact) mass is 395 g/mol. The van der Waals surface area contributed by atoms with E-state index in [-0.39, 0.29) is 11.9 Å². The number of aromatic nitrogens is 3. The van der Waals surface area contributed by atoms with Crippen LogP contribution in [0.5, 0.6) is 0 Å². The van der Waals surface area contributed by atoms with Crippen LogP contribution in [-0.4, -0.2) is 56.7 Å². The Labute approximate surface area is 173 Å². The van der Waals surface area contributed by atoms with Crippen LogP contribution in [0.2, 0.25) is 0 Å². The van der Waals surface area contributed by atoms with Crippen LogP contribution in [0.25, 0.3) is 11.1 Å². The average Bonchev–Trinajstić information content (AvgIpc) is 3.36. The van der Waals surface area contributed by atoms with Gasteiger partial charge in [0.1, 0.15) is 0 Å². The molecule has 1 atom stereocenters. The molecule has 156 valence electrons. The minimum Gasteiger partial charge on any atom is -0.342 e. The van der Waals surface area contributed by atoms with E-state index in [9.17, 15) is 4.79 Å². The third kappa shape index (κ3) is 4.53. The van der Waals surface area contributed by atoms with Gasteiger partial charge in [-0.2, -0.15) is 5.10 Å². The summed E-state index contributed by atoms with van der Waals surface area (Å²) in [5.41, 5.74) is 4.35. The molecule has 2 fully saturated rings. The Balaban J connectivity index is 1.49. The lowest BCUT2D eigenvalue weighted by Crippen LogP contribution is -2.44. The van der Waals surface area contributed by atoms with E-state index in [1.807, 2.05) is 43.0 Å². The Bertz CT molecular complexity index is 855. The molecule has 0 aromatic carbocycles. The van der Waals surface area contributed by atoms with E-state index in [1.165, 1.54) is 19.3 Å². The second-order valence-electron chi connectivity index (χ2n) is 8.75. The molecule has 2 aliphatic rings. The van der Waals surface area contributed by atoms with E-state index in [2.05, 4.69) is 22.1 Å². The Morgan fingerprint density at radius 2 is 1.93 bits per heavy atom. The minimum atomic E-state index is 0.217. The van der Waals surface area contributed by atoms with Gasteiger partial charge in [-0.25, -0.2) is 0 Å². The molecule has 29 heavy (non-hydrogen) atoms. The van der Waals surface area contributed by atoms with Crippen LogP contribution >= 0.6 is 0 Å². The molecule has 0 unspecified atom stereocenters. The zero-order valence-electron chi connectivity index (χ0n) is 18.0. The van der Waals surface area contributed by atoms with Crippen LogP contribution in [-0.2, 0) is 11.8 Å². The van der Waals surface area contributed by atoms with Crippen molar-refractivity contribution in [3.8, 4) is 11.1 Å². The lowest BCUT2D eigenvalue weighted by atomic mass is 9.94. The fraction of sp³-hybridized carbons (Fsp3) is 0.609. The molecule has 3 heterocycles. The van der Waals surface area contributed by atoms with Gasteiger partial charge in [-0.05, 0) is 56.8 Å². The number of likely N-dealkylation sites (N-methyl/N-ethyl adjacent to an activating group) is 1. The molecule has 0 bridgehead atoms. The van der Waals surface area contributed by atoms with Crippen LogP contribution in [0.15, 0.2) is 24.5 Å². The van der Waals surface area contributed by atoms with Gasteiger partial charge >= 0.3 is 0 Å². The second-order valence-corrected chi connectivity index (χ2v) is 8.75. The van der Waals surface area contributed by atoms with E-state index in [0.717, 1.165) is 54.7 Å². The molecule has 0 spiro atoms. The molecule has 1 aliphatic heterocycles. The quantitative estimate of drug-likeness (QED) is 0.774. The van der Waals surface area contributed by atoms with Crippen LogP contribution < -0.4 is 0 Å². The Kier molecular flexibility index (Phi) is 5.99. The number of amides is 1. The van der Waals surface area contributed by atoms with E-state index >= 15 is 0 Å². The van der Waals surface area contributed by atoms with Crippen molar-refractivity contribution in [3.05, 3.63) is 35.9 Å². The van der Waals surface area contributed by atoms with Gasteiger partial charge in [-0.3, -0.25) is 19.4 Å². The van der Waals surface area contributed by atoms with Gasteiger partial charge in [0.25, 0.3) is 0 Å². The van der Waals surface area contributed by atoms with Gasteiger partial charge in [0.15, 0.2) is 0 Å². The van der Waals surface area contributed by atoms with Gasteiger partial charge in [-0.15, -0.1) is 0 Å². The highest BCUT2D eigenvalue weighted by Crippen LogP contribution is 2.33. The summed E-state index contributed by atoms with van der Waals surface area (Å²) in [5.74, 6) is 0.254. The van der Waals surface area contributed by atoms with Gasteiger partial charge in [-0.1, -0.05) is 19.3 Å². The number of nitrogens with zero attached hydrogens (tertiary/aromatic N) is 5. The van der Waals surface area contributed by atoms with Crippen molar-refractivity contribution >= 4 is 5.91 Å². The number of hydrogen-bond acceptors (Lipinski definition) is 4. The maximum Gasteiger partial charge on any atom is 0.236 e. The van der Waals surface area contributed by atoms with Gasteiger partial charge < -0.3 is 4.90 Å². The fourth-order valence-electron chi connectivity index (χ4n) is 4.91. The van der Waals surface area contributed by atoms with Crippen molar-refractivity contribution < 1.29 is 4.79 Å². The highest BCUT2D eigenvalue weighted by molar-refractivity contribution is 5.78. The molecule has 1 amide bonds. The summed E-state index contributed by atoms with van der Waals surface area (Å²) < 4.78 is 1.83. The van der Waals surface area contributed by atoms with E-state index in [4.69, 9.17) is 4.98 Å². The first-order chi connectivity index (χ1) is 14.0. The fourth-order valence-corrected chi connectivity index (χ4v) is 4.91. The zero-order chi connectivity index (χ0) is 20.4. The first-order valence-corrected chi connectivity index (χ1v) is 11.0. The minimum absolute atomic E-state index is 0.217. The second kappa shape index (κ2) is 8.66. The molecule has 0 radical (unpaired) electrons. The summed E-state index contributed by atoms with van der Waals surface area (Å²) in [5, 5.41) is 4.30. The molecular formula is C23H33N5O.